The van der Waals surface area contributed by atoms with Crippen LogP contribution in [-0.4, -0.2) is 38.2 Å². The maximum Gasteiger partial charge on any atom is 0.263 e. The van der Waals surface area contributed by atoms with Crippen LogP contribution in [-0.2, 0) is 21.4 Å². The highest BCUT2D eigenvalue weighted by molar-refractivity contribution is 7.90. The second-order valence-electron chi connectivity index (χ2n) is 7.02. The number of benzene rings is 2. The number of unbranched alkanes of at least 4 members (excludes halogenated alkanes) is 1. The summed E-state index contributed by atoms with van der Waals surface area (Å²) in [4.78, 5) is 19.1. The highest BCUT2D eigenvalue weighted by Crippen LogP contribution is 2.23. The Bertz CT molecular complexity index is 1040. The van der Waals surface area contributed by atoms with Crippen LogP contribution in [0, 0.1) is 5.82 Å². The van der Waals surface area contributed by atoms with Gasteiger partial charge in [0, 0.05) is 24.7 Å². The zero-order valence-electron chi connectivity index (χ0n) is 16.4. The zero-order valence-corrected chi connectivity index (χ0v) is 17.2. The number of amides is 1. The summed E-state index contributed by atoms with van der Waals surface area (Å²) in [5.41, 5.74) is 0.871. The Morgan fingerprint density at radius 2 is 1.86 bits per heavy atom. The fourth-order valence-electron chi connectivity index (χ4n) is 3.24. The highest BCUT2D eigenvalue weighted by Gasteiger charge is 2.32. The minimum absolute atomic E-state index is 0.112. The lowest BCUT2D eigenvalue weighted by atomic mass is 10.1. The summed E-state index contributed by atoms with van der Waals surface area (Å²) in [5.74, 6) is -0.479. The second-order valence-corrected chi connectivity index (χ2v) is 8.67. The normalized spacial score (nSPS) is 16.9. The Labute approximate surface area is 170 Å². The molecule has 0 saturated carbocycles. The molecule has 8 heteroatoms. The van der Waals surface area contributed by atoms with E-state index in [1.165, 1.54) is 17.0 Å². The summed E-state index contributed by atoms with van der Waals surface area (Å²) >= 11 is 0. The quantitative estimate of drug-likeness (QED) is 0.752. The van der Waals surface area contributed by atoms with E-state index in [0.717, 1.165) is 12.8 Å². The molecule has 6 nitrogen and oxygen atoms in total. The molecule has 1 aliphatic rings. The maximum absolute atomic E-state index is 14.0. The van der Waals surface area contributed by atoms with Crippen LogP contribution in [0.5, 0.6) is 0 Å². The number of halogens is 1. The van der Waals surface area contributed by atoms with Gasteiger partial charge in [0.15, 0.2) is 0 Å². The first-order valence-corrected chi connectivity index (χ1v) is 11.0. The van der Waals surface area contributed by atoms with Gasteiger partial charge < -0.3 is 4.90 Å². The minimum atomic E-state index is -3.68. The smallest absolute Gasteiger partial charge is 0.263 e. The first kappa shape index (κ1) is 21.0. The van der Waals surface area contributed by atoms with E-state index in [4.69, 9.17) is 0 Å². The molecule has 0 radical (unpaired) electrons. The number of amidine groups is 1. The van der Waals surface area contributed by atoms with Gasteiger partial charge in [-0.1, -0.05) is 50.1 Å². The summed E-state index contributed by atoms with van der Waals surface area (Å²) in [5, 5.41) is 0. The third-order valence-electron chi connectivity index (χ3n) is 4.81. The number of carbonyl (C=O) groups excluding carboxylic acids is 1. The van der Waals surface area contributed by atoms with Crippen molar-refractivity contribution >= 4 is 21.8 Å². The summed E-state index contributed by atoms with van der Waals surface area (Å²) in [7, 11) is -2.08. The van der Waals surface area contributed by atoms with Crippen molar-refractivity contribution in [1.29, 1.82) is 0 Å². The van der Waals surface area contributed by atoms with Crippen molar-refractivity contribution < 1.29 is 17.6 Å². The fourth-order valence-corrected chi connectivity index (χ4v) is 4.48. The summed E-state index contributed by atoms with van der Waals surface area (Å²) in [6, 6.07) is 12.1. The number of likely N-dealkylation sites (N-methyl/N-ethyl adjacent to an activating group) is 1. The number of nitrogens with zero attached hydrogens (tertiary/aromatic N) is 2. The standard InChI is InChI=1S/C21H24FN3O3S/c1-3-4-12-18(21(26)25(2)14-15-9-5-7-11-17(15)22)23-20-16-10-6-8-13-19(16)29(27,28)24-20/h5-11,13,18H,3-4,12,14H2,1-2H3,(H,23,24). The van der Waals surface area contributed by atoms with E-state index in [1.807, 2.05) is 6.92 Å². The molecule has 154 valence electrons. The van der Waals surface area contributed by atoms with Crippen molar-refractivity contribution in [2.75, 3.05) is 7.05 Å². The molecule has 0 saturated heterocycles. The van der Waals surface area contributed by atoms with Gasteiger partial charge in [-0.15, -0.1) is 0 Å². The zero-order chi connectivity index (χ0) is 21.0. The number of fused-ring (bicyclic) bond motifs is 1. The van der Waals surface area contributed by atoms with Gasteiger partial charge in [0.1, 0.15) is 17.7 Å². The Balaban J connectivity index is 1.87. The predicted molar refractivity (Wildman–Crippen MR) is 109 cm³/mol. The van der Waals surface area contributed by atoms with Crippen molar-refractivity contribution in [3.63, 3.8) is 0 Å². The molecular formula is C21H24FN3O3S. The average molecular weight is 418 g/mol. The molecule has 0 spiro atoms. The van der Waals surface area contributed by atoms with Gasteiger partial charge in [0.25, 0.3) is 10.0 Å². The molecule has 1 heterocycles. The lowest BCUT2D eigenvalue weighted by Gasteiger charge is -2.22. The third kappa shape index (κ3) is 4.64. The number of aliphatic imine (C=N–C) groups is 1. The first-order valence-electron chi connectivity index (χ1n) is 9.52. The van der Waals surface area contributed by atoms with E-state index >= 15 is 0 Å². The summed E-state index contributed by atoms with van der Waals surface area (Å²) < 4.78 is 41.0. The number of hydrogen-bond acceptors (Lipinski definition) is 4. The molecule has 2 aromatic carbocycles. The second kappa shape index (κ2) is 8.73. The lowest BCUT2D eigenvalue weighted by Crippen LogP contribution is -2.37. The van der Waals surface area contributed by atoms with E-state index in [-0.39, 0.29) is 29.0 Å². The first-order chi connectivity index (χ1) is 13.8. The van der Waals surface area contributed by atoms with Crippen LogP contribution in [0.4, 0.5) is 4.39 Å². The molecule has 0 aliphatic carbocycles. The summed E-state index contributed by atoms with van der Waals surface area (Å²) in [6.07, 6.45) is 2.10. The van der Waals surface area contributed by atoms with Gasteiger partial charge in [0.05, 0.1) is 4.90 Å². The molecule has 0 aromatic heterocycles. The molecule has 1 N–H and O–H groups in total. The fraction of sp³-hybridized carbons (Fsp3) is 0.333. The van der Waals surface area contributed by atoms with Gasteiger partial charge in [-0.25, -0.2) is 12.8 Å². The topological polar surface area (TPSA) is 78.8 Å². The van der Waals surface area contributed by atoms with Gasteiger partial charge in [-0.2, -0.15) is 0 Å². The molecule has 0 fully saturated rings. The van der Waals surface area contributed by atoms with E-state index in [1.54, 1.807) is 43.4 Å². The number of hydrogen-bond donors (Lipinski definition) is 1. The largest absolute Gasteiger partial charge is 0.339 e. The van der Waals surface area contributed by atoms with Crippen molar-refractivity contribution in [3.05, 3.63) is 65.5 Å². The average Bonchev–Trinajstić information content (AvgIpc) is 2.96. The monoisotopic (exact) mass is 417 g/mol. The molecule has 3 rings (SSSR count). The van der Waals surface area contributed by atoms with Gasteiger partial charge in [-0.05, 0) is 24.6 Å². The van der Waals surface area contributed by atoms with Crippen LogP contribution in [0.2, 0.25) is 0 Å². The number of rotatable bonds is 7. The van der Waals surface area contributed by atoms with Crippen LogP contribution in [0.3, 0.4) is 0 Å². The Hall–Kier alpha value is -2.74. The van der Waals surface area contributed by atoms with E-state index in [0.29, 0.717) is 17.5 Å². The third-order valence-corrected chi connectivity index (χ3v) is 6.20. The van der Waals surface area contributed by atoms with E-state index in [9.17, 15) is 17.6 Å². The molecule has 29 heavy (non-hydrogen) atoms. The van der Waals surface area contributed by atoms with Crippen LogP contribution >= 0.6 is 0 Å². The van der Waals surface area contributed by atoms with E-state index in [2.05, 4.69) is 9.71 Å². The van der Waals surface area contributed by atoms with Gasteiger partial charge in [0.2, 0.25) is 5.91 Å². The number of nitrogens with one attached hydrogen (secondary N) is 1. The lowest BCUT2D eigenvalue weighted by molar-refractivity contribution is -0.131. The molecule has 1 aliphatic heterocycles. The Morgan fingerprint density at radius 1 is 1.17 bits per heavy atom. The maximum atomic E-state index is 14.0. The van der Waals surface area contributed by atoms with Crippen molar-refractivity contribution in [3.8, 4) is 0 Å². The molecule has 1 atom stereocenters. The van der Waals surface area contributed by atoms with Crippen LogP contribution in [0.1, 0.15) is 37.3 Å². The molecule has 0 bridgehead atoms. The molecule has 2 aromatic rings. The number of carbonyl (C=O) groups is 1. The van der Waals surface area contributed by atoms with Gasteiger partial charge >= 0.3 is 0 Å². The van der Waals surface area contributed by atoms with Crippen LogP contribution in [0.25, 0.3) is 0 Å². The molecular weight excluding hydrogens is 393 g/mol. The predicted octanol–water partition coefficient (Wildman–Crippen LogP) is 3.08. The molecule has 1 unspecified atom stereocenters. The van der Waals surface area contributed by atoms with E-state index < -0.39 is 16.1 Å². The van der Waals surface area contributed by atoms with Crippen molar-refractivity contribution in [2.45, 2.75) is 43.7 Å². The van der Waals surface area contributed by atoms with Crippen molar-refractivity contribution in [2.24, 2.45) is 4.99 Å². The minimum Gasteiger partial charge on any atom is -0.339 e. The Kier molecular flexibility index (Phi) is 6.32. The van der Waals surface area contributed by atoms with Crippen LogP contribution < -0.4 is 4.72 Å². The number of sulfonamides is 1. The van der Waals surface area contributed by atoms with Crippen molar-refractivity contribution in [1.82, 2.24) is 9.62 Å². The molecule has 1 amide bonds. The SMILES string of the molecule is CCCCC(N=C1NS(=O)(=O)c2ccccc21)C(=O)N(C)Cc1ccccc1F. The van der Waals surface area contributed by atoms with Gasteiger partial charge in [-0.3, -0.25) is 14.5 Å². The Morgan fingerprint density at radius 3 is 2.59 bits per heavy atom. The highest BCUT2D eigenvalue weighted by atomic mass is 32.2. The summed E-state index contributed by atoms with van der Waals surface area (Å²) in [6.45, 7) is 2.12. The van der Waals surface area contributed by atoms with Crippen LogP contribution in [0.15, 0.2) is 58.4 Å².